The fourth-order valence-electron chi connectivity index (χ4n) is 2.08. The van der Waals surface area contributed by atoms with Gasteiger partial charge in [-0.2, -0.15) is 4.98 Å². The van der Waals surface area contributed by atoms with Crippen LogP contribution in [0.25, 0.3) is 10.9 Å². The highest BCUT2D eigenvalue weighted by Crippen LogP contribution is 2.22. The average molecular weight is 374 g/mol. The molecule has 0 spiro atoms. The summed E-state index contributed by atoms with van der Waals surface area (Å²) in [5, 5.41) is 3.12. The monoisotopic (exact) mass is 373 g/mol. The molecule has 0 aliphatic carbocycles. The number of amides is 1. The van der Waals surface area contributed by atoms with E-state index in [9.17, 15) is 9.59 Å². The summed E-state index contributed by atoms with van der Waals surface area (Å²) in [7, 11) is 0. The van der Waals surface area contributed by atoms with Crippen LogP contribution >= 0.6 is 15.9 Å². The summed E-state index contributed by atoms with van der Waals surface area (Å²) >= 11 is 3.33. The van der Waals surface area contributed by atoms with Crippen molar-refractivity contribution in [3.63, 3.8) is 0 Å². The van der Waals surface area contributed by atoms with Gasteiger partial charge in [0.2, 0.25) is 0 Å². The summed E-state index contributed by atoms with van der Waals surface area (Å²) in [5.74, 6) is 0.161. The summed E-state index contributed by atoms with van der Waals surface area (Å²) < 4.78 is 5.94. The second kappa shape index (κ2) is 6.62. The van der Waals surface area contributed by atoms with Crippen LogP contribution in [-0.2, 0) is 11.3 Å². The number of hydrogen-bond acceptors (Lipinski definition) is 4. The Balaban J connectivity index is 1.78. The summed E-state index contributed by atoms with van der Waals surface area (Å²) in [4.78, 5) is 29.9. The summed E-state index contributed by atoms with van der Waals surface area (Å²) in [6, 6.07) is 14.6. The van der Waals surface area contributed by atoms with Crippen molar-refractivity contribution in [2.75, 3.05) is 5.32 Å². The van der Waals surface area contributed by atoms with Crippen molar-refractivity contribution < 1.29 is 9.53 Å². The normalized spacial score (nSPS) is 10.5. The number of ether oxygens (including phenoxy) is 1. The van der Waals surface area contributed by atoms with Crippen LogP contribution < -0.4 is 11.0 Å². The Morgan fingerprint density at radius 3 is 2.78 bits per heavy atom. The Kier molecular flexibility index (Phi) is 4.38. The van der Waals surface area contributed by atoms with E-state index in [-0.39, 0.29) is 12.4 Å². The van der Waals surface area contributed by atoms with Crippen LogP contribution in [0.4, 0.5) is 10.6 Å². The number of nitrogens with zero attached hydrogens (tertiary/aromatic N) is 1. The minimum absolute atomic E-state index is 0.138. The largest absolute Gasteiger partial charge is 0.444 e. The lowest BCUT2D eigenvalue weighted by atomic mass is 10.2. The van der Waals surface area contributed by atoms with Crippen molar-refractivity contribution in [2.45, 2.75) is 6.61 Å². The molecule has 1 heterocycles. The number of carbonyl (C=O) groups excluding carboxylic acids is 1. The van der Waals surface area contributed by atoms with Gasteiger partial charge < -0.3 is 9.72 Å². The molecule has 1 amide bonds. The lowest BCUT2D eigenvalue weighted by molar-refractivity contribution is 0.155. The molecule has 0 saturated heterocycles. The van der Waals surface area contributed by atoms with E-state index in [2.05, 4.69) is 31.2 Å². The molecule has 1 aromatic heterocycles. The molecule has 2 N–H and O–H groups in total. The van der Waals surface area contributed by atoms with E-state index in [1.54, 1.807) is 18.2 Å². The zero-order chi connectivity index (χ0) is 16.2. The van der Waals surface area contributed by atoms with Crippen LogP contribution in [0.2, 0.25) is 0 Å². The Hall–Kier alpha value is -2.67. The highest BCUT2D eigenvalue weighted by Gasteiger charge is 2.10. The van der Waals surface area contributed by atoms with Crippen molar-refractivity contribution in [1.82, 2.24) is 9.97 Å². The molecule has 3 rings (SSSR count). The number of benzene rings is 2. The first-order chi connectivity index (χ1) is 11.1. The molecule has 116 valence electrons. The molecule has 0 atom stereocenters. The third kappa shape index (κ3) is 3.75. The number of H-pyrrole nitrogens is 1. The maximum absolute atomic E-state index is 11.9. The molecule has 7 heteroatoms. The second-order valence-corrected chi connectivity index (χ2v) is 5.68. The topological polar surface area (TPSA) is 84.1 Å². The van der Waals surface area contributed by atoms with E-state index in [4.69, 9.17) is 4.74 Å². The standard InChI is InChI=1S/C16H12BrN3O3/c17-11-6-7-12-13(8-11)18-15(21)19-14(12)20-16(22)23-9-10-4-2-1-3-5-10/h1-8H,9H2,(H2,18,19,20,21,22). The predicted octanol–water partition coefficient (Wildman–Crippen LogP) is 3.43. The van der Waals surface area contributed by atoms with E-state index >= 15 is 0 Å². The minimum atomic E-state index is -0.670. The van der Waals surface area contributed by atoms with Gasteiger partial charge in [-0.3, -0.25) is 5.32 Å². The van der Waals surface area contributed by atoms with E-state index in [0.717, 1.165) is 10.0 Å². The number of aromatic amines is 1. The zero-order valence-corrected chi connectivity index (χ0v) is 13.5. The van der Waals surface area contributed by atoms with Gasteiger partial charge in [0.25, 0.3) is 0 Å². The van der Waals surface area contributed by atoms with Crippen molar-refractivity contribution in [2.24, 2.45) is 0 Å². The highest BCUT2D eigenvalue weighted by atomic mass is 79.9. The van der Waals surface area contributed by atoms with Crippen molar-refractivity contribution in [3.8, 4) is 0 Å². The minimum Gasteiger partial charge on any atom is -0.444 e. The number of fused-ring (bicyclic) bond motifs is 1. The van der Waals surface area contributed by atoms with E-state index < -0.39 is 11.8 Å². The molecule has 0 unspecified atom stereocenters. The Bertz CT molecular complexity index is 909. The summed E-state index contributed by atoms with van der Waals surface area (Å²) in [6.45, 7) is 0.138. The predicted molar refractivity (Wildman–Crippen MR) is 90.3 cm³/mol. The SMILES string of the molecule is O=C(Nc1nc(=O)[nH]c2cc(Br)ccc12)OCc1ccccc1. The van der Waals surface area contributed by atoms with Crippen molar-refractivity contribution >= 4 is 38.7 Å². The number of carbonyl (C=O) groups is 1. The van der Waals surface area contributed by atoms with E-state index in [0.29, 0.717) is 10.9 Å². The third-order valence-corrected chi connectivity index (χ3v) is 3.62. The quantitative estimate of drug-likeness (QED) is 0.736. The number of hydrogen-bond donors (Lipinski definition) is 2. The van der Waals surface area contributed by atoms with Crippen molar-refractivity contribution in [1.29, 1.82) is 0 Å². The lowest BCUT2D eigenvalue weighted by Gasteiger charge is -2.08. The Morgan fingerprint density at radius 2 is 2.00 bits per heavy atom. The van der Waals surface area contributed by atoms with Gasteiger partial charge in [-0.15, -0.1) is 0 Å². The van der Waals surface area contributed by atoms with Crippen LogP contribution in [0.15, 0.2) is 57.8 Å². The molecule has 0 radical (unpaired) electrons. The van der Waals surface area contributed by atoms with Crippen LogP contribution in [0.5, 0.6) is 0 Å². The number of halogens is 1. The maximum Gasteiger partial charge on any atom is 0.413 e. The maximum atomic E-state index is 11.9. The summed E-state index contributed by atoms with van der Waals surface area (Å²) in [6.07, 6.45) is -0.670. The van der Waals surface area contributed by atoms with Gasteiger partial charge in [0.05, 0.1) is 5.52 Å². The van der Waals surface area contributed by atoms with Gasteiger partial charge in [-0.25, -0.2) is 9.59 Å². The molecular formula is C16H12BrN3O3. The molecule has 0 bridgehead atoms. The lowest BCUT2D eigenvalue weighted by Crippen LogP contribution is -2.19. The number of nitrogens with one attached hydrogen (secondary N) is 2. The first kappa shape index (κ1) is 15.2. The Morgan fingerprint density at radius 1 is 1.22 bits per heavy atom. The van der Waals surface area contributed by atoms with Crippen molar-refractivity contribution in [3.05, 3.63) is 69.1 Å². The van der Waals surface area contributed by atoms with Gasteiger partial charge in [0, 0.05) is 9.86 Å². The van der Waals surface area contributed by atoms with E-state index in [1.807, 2.05) is 30.3 Å². The van der Waals surface area contributed by atoms with E-state index in [1.165, 1.54) is 0 Å². The molecule has 23 heavy (non-hydrogen) atoms. The average Bonchev–Trinajstić information content (AvgIpc) is 2.53. The molecule has 3 aromatic rings. The van der Waals surface area contributed by atoms with Gasteiger partial charge >= 0.3 is 11.8 Å². The molecule has 0 saturated carbocycles. The van der Waals surface area contributed by atoms with Gasteiger partial charge in [-0.1, -0.05) is 46.3 Å². The first-order valence-corrected chi connectivity index (χ1v) is 7.58. The van der Waals surface area contributed by atoms with Gasteiger partial charge in [-0.05, 0) is 23.8 Å². The molecule has 2 aromatic carbocycles. The third-order valence-electron chi connectivity index (χ3n) is 3.12. The molecule has 0 fully saturated rings. The molecule has 0 aliphatic rings. The van der Waals surface area contributed by atoms with Crippen LogP contribution in [0.3, 0.4) is 0 Å². The van der Waals surface area contributed by atoms with Crippen LogP contribution in [0.1, 0.15) is 5.56 Å². The molecule has 0 aliphatic heterocycles. The number of aromatic nitrogens is 2. The fraction of sp³-hybridized carbons (Fsp3) is 0.0625. The Labute approximate surface area is 139 Å². The van der Waals surface area contributed by atoms with Gasteiger partial charge in [0.15, 0.2) is 5.82 Å². The molecule has 6 nitrogen and oxygen atoms in total. The van der Waals surface area contributed by atoms with Crippen LogP contribution in [-0.4, -0.2) is 16.1 Å². The second-order valence-electron chi connectivity index (χ2n) is 4.77. The molecular weight excluding hydrogens is 362 g/mol. The number of rotatable bonds is 3. The fourth-order valence-corrected chi connectivity index (χ4v) is 2.44. The number of anilines is 1. The highest BCUT2D eigenvalue weighted by molar-refractivity contribution is 9.10. The zero-order valence-electron chi connectivity index (χ0n) is 11.9. The first-order valence-electron chi connectivity index (χ1n) is 6.79. The van der Waals surface area contributed by atoms with Crippen LogP contribution in [0, 0.1) is 0 Å². The van der Waals surface area contributed by atoms with Gasteiger partial charge in [0.1, 0.15) is 6.61 Å². The smallest absolute Gasteiger partial charge is 0.413 e. The summed E-state index contributed by atoms with van der Waals surface area (Å²) in [5.41, 5.74) is 0.891.